The average Bonchev–Trinajstić information content (AvgIpc) is 3.38. The number of fused-ring (bicyclic) bond motifs is 1. The quantitative estimate of drug-likeness (QED) is 0.262. The van der Waals surface area contributed by atoms with Gasteiger partial charge in [-0.1, -0.05) is 51.1 Å². The number of aryl methyl sites for hydroxylation is 2. The first-order valence-corrected chi connectivity index (χ1v) is 14.2. The summed E-state index contributed by atoms with van der Waals surface area (Å²) >= 11 is 1.69. The van der Waals surface area contributed by atoms with Gasteiger partial charge < -0.3 is 9.88 Å². The minimum absolute atomic E-state index is 0.0692. The van der Waals surface area contributed by atoms with Gasteiger partial charge >= 0.3 is 0 Å². The van der Waals surface area contributed by atoms with E-state index in [2.05, 4.69) is 81.8 Å². The van der Waals surface area contributed by atoms with Crippen LogP contribution in [0.4, 0.5) is 10.7 Å². The molecule has 0 unspecified atom stereocenters. The summed E-state index contributed by atoms with van der Waals surface area (Å²) in [6.07, 6.45) is 4.96. The fourth-order valence-electron chi connectivity index (χ4n) is 5.56. The van der Waals surface area contributed by atoms with Crippen molar-refractivity contribution in [3.8, 4) is 5.69 Å². The van der Waals surface area contributed by atoms with Gasteiger partial charge in [0.1, 0.15) is 5.00 Å². The Labute approximate surface area is 230 Å². The van der Waals surface area contributed by atoms with Crippen LogP contribution in [0.5, 0.6) is 0 Å². The van der Waals surface area contributed by atoms with E-state index in [-0.39, 0.29) is 11.3 Å². The summed E-state index contributed by atoms with van der Waals surface area (Å²) in [6, 6.07) is 20.4. The molecule has 0 bridgehead atoms. The van der Waals surface area contributed by atoms with Gasteiger partial charge in [-0.25, -0.2) is 4.99 Å². The Hall–Kier alpha value is -3.44. The number of carbonyl (C=O) groups is 1. The van der Waals surface area contributed by atoms with E-state index in [9.17, 15) is 4.79 Å². The number of aromatic nitrogens is 1. The fraction of sp³-hybridized carbons (Fsp3) is 0.333. The average molecular weight is 524 g/mol. The van der Waals surface area contributed by atoms with Crippen molar-refractivity contribution in [1.29, 1.82) is 0 Å². The van der Waals surface area contributed by atoms with Gasteiger partial charge in [-0.05, 0) is 92.8 Å². The molecular weight excluding hydrogens is 486 g/mol. The van der Waals surface area contributed by atoms with Crippen LogP contribution in [0, 0.1) is 32.1 Å². The minimum atomic E-state index is -0.0692. The number of hydrogen-bond acceptors (Lipinski definition) is 3. The van der Waals surface area contributed by atoms with Crippen molar-refractivity contribution in [2.75, 3.05) is 5.32 Å². The summed E-state index contributed by atoms with van der Waals surface area (Å²) in [5.74, 6) is 0.532. The number of hydrogen-bond donors (Lipinski definition) is 1. The van der Waals surface area contributed by atoms with Crippen LogP contribution in [-0.4, -0.2) is 16.7 Å². The topological polar surface area (TPSA) is 46.4 Å². The minimum Gasteiger partial charge on any atom is -0.322 e. The molecule has 1 N–H and O–H groups in total. The van der Waals surface area contributed by atoms with Gasteiger partial charge in [-0.3, -0.25) is 4.79 Å². The zero-order valence-corrected chi connectivity index (χ0v) is 24.1. The Morgan fingerprint density at radius 3 is 2.53 bits per heavy atom. The third kappa shape index (κ3) is 5.25. The van der Waals surface area contributed by atoms with Crippen molar-refractivity contribution in [1.82, 2.24) is 4.57 Å². The highest BCUT2D eigenvalue weighted by atomic mass is 32.1. The van der Waals surface area contributed by atoms with Crippen LogP contribution in [-0.2, 0) is 12.8 Å². The van der Waals surface area contributed by atoms with Crippen molar-refractivity contribution >= 4 is 34.1 Å². The molecule has 4 aromatic rings. The fourth-order valence-corrected chi connectivity index (χ4v) is 6.83. The predicted molar refractivity (Wildman–Crippen MR) is 161 cm³/mol. The number of thiophene rings is 1. The van der Waals surface area contributed by atoms with Crippen LogP contribution in [0.1, 0.15) is 70.5 Å². The molecule has 2 aromatic heterocycles. The van der Waals surface area contributed by atoms with Crippen LogP contribution in [0.2, 0.25) is 0 Å². The van der Waals surface area contributed by atoms with Crippen molar-refractivity contribution in [3.63, 3.8) is 0 Å². The second-order valence-electron chi connectivity index (χ2n) is 11.6. The van der Waals surface area contributed by atoms with Gasteiger partial charge in [-0.2, -0.15) is 0 Å². The molecule has 2 aromatic carbocycles. The Kier molecular flexibility index (Phi) is 7.15. The number of benzene rings is 2. The third-order valence-electron chi connectivity index (χ3n) is 7.78. The molecule has 1 atom stereocenters. The van der Waals surface area contributed by atoms with E-state index < -0.39 is 0 Å². The molecule has 4 nitrogen and oxygen atoms in total. The first-order valence-electron chi connectivity index (χ1n) is 13.4. The van der Waals surface area contributed by atoms with E-state index >= 15 is 0 Å². The van der Waals surface area contributed by atoms with E-state index in [0.717, 1.165) is 58.2 Å². The van der Waals surface area contributed by atoms with Crippen molar-refractivity contribution in [3.05, 3.63) is 99.2 Å². The zero-order valence-electron chi connectivity index (χ0n) is 23.3. The van der Waals surface area contributed by atoms with Crippen molar-refractivity contribution in [2.24, 2.45) is 16.3 Å². The zero-order chi connectivity index (χ0) is 27.0. The van der Waals surface area contributed by atoms with Gasteiger partial charge in [0.15, 0.2) is 0 Å². The molecule has 0 aliphatic heterocycles. The standard InChI is InChI=1S/C33H37N3OS/c1-21-11-10-14-27(17-21)36-22(2)18-24(23(36)3)20-34-32-30(31(37)35-26-12-8-7-9-13-26)28-16-15-25(33(4,5)6)19-29(28)38-32/h7-14,17-18,20,25H,15-16,19H2,1-6H3,(H,35,37)/t25-/m0/s1. The van der Waals surface area contributed by atoms with E-state index in [1.807, 2.05) is 36.5 Å². The molecule has 0 radical (unpaired) electrons. The monoisotopic (exact) mass is 523 g/mol. The summed E-state index contributed by atoms with van der Waals surface area (Å²) in [5.41, 5.74) is 8.72. The highest BCUT2D eigenvalue weighted by Crippen LogP contribution is 2.45. The van der Waals surface area contributed by atoms with E-state index in [1.54, 1.807) is 11.3 Å². The number of rotatable bonds is 5. The van der Waals surface area contributed by atoms with Crippen molar-refractivity contribution in [2.45, 2.75) is 60.8 Å². The molecule has 196 valence electrons. The van der Waals surface area contributed by atoms with Gasteiger partial charge in [-0.15, -0.1) is 11.3 Å². The Morgan fingerprint density at radius 2 is 1.82 bits per heavy atom. The van der Waals surface area contributed by atoms with Crippen LogP contribution in [0.25, 0.3) is 5.69 Å². The highest BCUT2D eigenvalue weighted by molar-refractivity contribution is 7.16. The summed E-state index contributed by atoms with van der Waals surface area (Å²) in [5, 5.41) is 3.92. The van der Waals surface area contributed by atoms with Crippen LogP contribution in [0.3, 0.4) is 0 Å². The lowest BCUT2D eigenvalue weighted by molar-refractivity contribution is 0.102. The number of aliphatic imine (C=N–C) groups is 1. The second-order valence-corrected chi connectivity index (χ2v) is 12.7. The number of nitrogens with zero attached hydrogens (tertiary/aromatic N) is 2. The summed E-state index contributed by atoms with van der Waals surface area (Å²) in [7, 11) is 0. The molecule has 0 saturated carbocycles. The molecule has 0 fully saturated rings. The van der Waals surface area contributed by atoms with Crippen LogP contribution >= 0.6 is 11.3 Å². The lowest BCUT2D eigenvalue weighted by atomic mass is 9.72. The number of amides is 1. The molecule has 5 heteroatoms. The Bertz CT molecular complexity index is 1500. The first-order chi connectivity index (χ1) is 18.1. The number of nitrogens with one attached hydrogen (secondary N) is 1. The molecule has 0 saturated heterocycles. The molecule has 1 amide bonds. The van der Waals surface area contributed by atoms with Crippen LogP contribution < -0.4 is 5.32 Å². The number of carbonyl (C=O) groups excluding carboxylic acids is 1. The maximum absolute atomic E-state index is 13.6. The van der Waals surface area contributed by atoms with Gasteiger partial charge in [0.05, 0.1) is 5.56 Å². The Balaban J connectivity index is 1.52. The SMILES string of the molecule is Cc1cccc(-n2c(C)cc(C=Nc3sc4c(c3C(=O)Nc3ccccc3)CC[C@H](C(C)(C)C)C4)c2C)c1. The van der Waals surface area contributed by atoms with E-state index in [1.165, 1.54) is 16.0 Å². The summed E-state index contributed by atoms with van der Waals surface area (Å²) in [6.45, 7) is 13.3. The molecular formula is C33H37N3OS. The second kappa shape index (κ2) is 10.4. The molecule has 1 aliphatic carbocycles. The van der Waals surface area contributed by atoms with Crippen molar-refractivity contribution < 1.29 is 4.79 Å². The third-order valence-corrected chi connectivity index (χ3v) is 8.94. The lowest BCUT2D eigenvalue weighted by Crippen LogP contribution is -2.27. The molecule has 38 heavy (non-hydrogen) atoms. The normalized spacial score (nSPS) is 15.6. The number of para-hydroxylation sites is 1. The van der Waals surface area contributed by atoms with Gasteiger partial charge in [0.2, 0.25) is 0 Å². The lowest BCUT2D eigenvalue weighted by Gasteiger charge is -2.33. The van der Waals surface area contributed by atoms with Gasteiger partial charge in [0.25, 0.3) is 5.91 Å². The number of anilines is 1. The molecule has 2 heterocycles. The predicted octanol–water partition coefficient (Wildman–Crippen LogP) is 8.62. The molecule has 1 aliphatic rings. The molecule has 5 rings (SSSR count). The smallest absolute Gasteiger partial charge is 0.259 e. The van der Waals surface area contributed by atoms with E-state index in [4.69, 9.17) is 4.99 Å². The largest absolute Gasteiger partial charge is 0.322 e. The van der Waals surface area contributed by atoms with Gasteiger partial charge in [0, 0.05) is 39.4 Å². The first kappa shape index (κ1) is 26.2. The summed E-state index contributed by atoms with van der Waals surface area (Å²) < 4.78 is 2.27. The molecule has 0 spiro atoms. The maximum Gasteiger partial charge on any atom is 0.259 e. The maximum atomic E-state index is 13.6. The van der Waals surface area contributed by atoms with E-state index in [0.29, 0.717) is 5.92 Å². The Morgan fingerprint density at radius 1 is 1.05 bits per heavy atom. The van der Waals surface area contributed by atoms with Crippen LogP contribution in [0.15, 0.2) is 65.7 Å². The highest BCUT2D eigenvalue weighted by Gasteiger charge is 2.33. The summed E-state index contributed by atoms with van der Waals surface area (Å²) in [4.78, 5) is 19.9.